The largest absolute Gasteiger partial charge is 0.504 e. The van der Waals surface area contributed by atoms with E-state index >= 15 is 0 Å². The van der Waals surface area contributed by atoms with Crippen LogP contribution in [0.25, 0.3) is 0 Å². The Morgan fingerprint density at radius 3 is 2.34 bits per heavy atom. The lowest BCUT2D eigenvalue weighted by atomic mass is 9.68. The first-order valence-electron chi connectivity index (χ1n) is 11.4. The van der Waals surface area contributed by atoms with Gasteiger partial charge in [-0.25, -0.2) is 0 Å². The third-order valence-electron chi connectivity index (χ3n) is 6.78. The highest BCUT2D eigenvalue weighted by Gasteiger charge is 2.39. The van der Waals surface area contributed by atoms with Crippen molar-refractivity contribution >= 4 is 11.6 Å². The second kappa shape index (κ2) is 10.0. The van der Waals surface area contributed by atoms with E-state index < -0.39 is 4.92 Å². The molecule has 1 aliphatic heterocycles. The number of nitrogens with zero attached hydrogens (tertiary/aromatic N) is 2. The summed E-state index contributed by atoms with van der Waals surface area (Å²) in [6.07, 6.45) is 1.44. The number of para-hydroxylation sites is 1. The van der Waals surface area contributed by atoms with Crippen molar-refractivity contribution in [2.75, 3.05) is 20.2 Å². The Morgan fingerprint density at radius 1 is 1.06 bits per heavy atom. The lowest BCUT2D eigenvalue weighted by Gasteiger charge is -2.42. The van der Waals surface area contributed by atoms with Gasteiger partial charge in [0.1, 0.15) is 12.4 Å². The number of methoxy groups -OCH3 is 1. The van der Waals surface area contributed by atoms with Crippen molar-refractivity contribution < 1.29 is 24.3 Å². The van der Waals surface area contributed by atoms with E-state index in [4.69, 9.17) is 9.47 Å². The molecule has 0 aliphatic carbocycles. The summed E-state index contributed by atoms with van der Waals surface area (Å²) in [4.78, 5) is 24.6. The summed E-state index contributed by atoms with van der Waals surface area (Å²) in [6.45, 7) is 2.91. The van der Waals surface area contributed by atoms with Gasteiger partial charge < -0.3 is 19.5 Å². The van der Waals surface area contributed by atoms with Crippen LogP contribution in [-0.4, -0.2) is 41.0 Å². The van der Waals surface area contributed by atoms with Gasteiger partial charge in [0, 0.05) is 31.5 Å². The number of nitro benzene ring substituents is 1. The Bertz CT molecular complexity index is 1220. The maximum atomic E-state index is 11.9. The minimum atomic E-state index is -0.412. The number of nitro groups is 1. The van der Waals surface area contributed by atoms with Crippen LogP contribution in [-0.2, 0) is 16.8 Å². The summed E-state index contributed by atoms with van der Waals surface area (Å²) >= 11 is 0. The highest BCUT2D eigenvalue weighted by Crippen LogP contribution is 2.44. The number of benzene rings is 3. The summed E-state index contributed by atoms with van der Waals surface area (Å²) in [5.41, 5.74) is 2.23. The number of phenols is 1. The fraction of sp³-hybridized carbons (Fsp3) is 0.296. The van der Waals surface area contributed by atoms with Crippen molar-refractivity contribution in [1.82, 2.24) is 4.90 Å². The molecule has 1 heterocycles. The number of carbonyl (C=O) groups is 1. The van der Waals surface area contributed by atoms with Gasteiger partial charge in [-0.2, -0.15) is 0 Å². The SMILES string of the molecule is COc1cc(C2(c3ccc(OCc4ccccc4[N+](=O)[O-])cc3)CCN(C(C)=O)CC2)ccc1O. The van der Waals surface area contributed by atoms with E-state index in [0.717, 1.165) is 24.0 Å². The zero-order chi connectivity index (χ0) is 25.0. The van der Waals surface area contributed by atoms with E-state index in [1.54, 1.807) is 31.2 Å². The number of carbonyl (C=O) groups excluding carboxylic acids is 1. The molecule has 4 rings (SSSR count). The zero-order valence-corrected chi connectivity index (χ0v) is 19.8. The minimum Gasteiger partial charge on any atom is -0.504 e. The molecule has 1 fully saturated rings. The molecular formula is C27H28N2O6. The molecule has 182 valence electrons. The maximum Gasteiger partial charge on any atom is 0.276 e. The van der Waals surface area contributed by atoms with E-state index in [1.165, 1.54) is 13.2 Å². The van der Waals surface area contributed by atoms with Crippen LogP contribution in [0.5, 0.6) is 17.2 Å². The second-order valence-corrected chi connectivity index (χ2v) is 8.67. The topological polar surface area (TPSA) is 102 Å². The van der Waals surface area contributed by atoms with Gasteiger partial charge in [0.25, 0.3) is 5.69 Å². The molecule has 0 aromatic heterocycles. The normalized spacial score (nSPS) is 14.9. The van der Waals surface area contributed by atoms with Crippen LogP contribution in [0.15, 0.2) is 66.7 Å². The van der Waals surface area contributed by atoms with E-state index in [-0.39, 0.29) is 29.4 Å². The zero-order valence-electron chi connectivity index (χ0n) is 19.8. The van der Waals surface area contributed by atoms with Crippen LogP contribution in [0.1, 0.15) is 36.5 Å². The monoisotopic (exact) mass is 476 g/mol. The van der Waals surface area contributed by atoms with Gasteiger partial charge >= 0.3 is 0 Å². The molecule has 3 aromatic carbocycles. The van der Waals surface area contributed by atoms with Crippen molar-refractivity contribution in [1.29, 1.82) is 0 Å². The van der Waals surface area contributed by atoms with Gasteiger partial charge in [-0.3, -0.25) is 14.9 Å². The smallest absolute Gasteiger partial charge is 0.276 e. The van der Waals surface area contributed by atoms with E-state index in [0.29, 0.717) is 30.2 Å². The molecular weight excluding hydrogens is 448 g/mol. The van der Waals surface area contributed by atoms with E-state index in [9.17, 15) is 20.0 Å². The number of amides is 1. The Kier molecular flexibility index (Phi) is 6.91. The summed E-state index contributed by atoms with van der Waals surface area (Å²) in [6, 6.07) is 19.6. The number of hydrogen-bond acceptors (Lipinski definition) is 6. The molecule has 1 N–H and O–H groups in total. The highest BCUT2D eigenvalue weighted by molar-refractivity contribution is 5.73. The third-order valence-corrected chi connectivity index (χ3v) is 6.78. The molecule has 0 bridgehead atoms. The molecule has 0 radical (unpaired) electrons. The Balaban J connectivity index is 1.61. The molecule has 35 heavy (non-hydrogen) atoms. The van der Waals surface area contributed by atoms with Crippen LogP contribution < -0.4 is 9.47 Å². The number of likely N-dealkylation sites (tertiary alicyclic amines) is 1. The lowest BCUT2D eigenvalue weighted by Crippen LogP contribution is -2.45. The molecule has 0 saturated carbocycles. The number of hydrogen-bond donors (Lipinski definition) is 1. The predicted octanol–water partition coefficient (Wildman–Crippen LogP) is 4.82. The molecule has 8 nitrogen and oxygen atoms in total. The molecule has 1 aliphatic rings. The Hall–Kier alpha value is -4.07. The van der Waals surface area contributed by atoms with Gasteiger partial charge in [0.15, 0.2) is 11.5 Å². The van der Waals surface area contributed by atoms with Crippen molar-refractivity contribution in [2.24, 2.45) is 0 Å². The van der Waals surface area contributed by atoms with Gasteiger partial charge in [0.05, 0.1) is 17.6 Å². The first-order valence-corrected chi connectivity index (χ1v) is 11.4. The van der Waals surface area contributed by atoms with Crippen molar-refractivity contribution in [3.63, 3.8) is 0 Å². The van der Waals surface area contributed by atoms with Crippen LogP contribution in [0.4, 0.5) is 5.69 Å². The van der Waals surface area contributed by atoms with Crippen LogP contribution in [0.3, 0.4) is 0 Å². The maximum absolute atomic E-state index is 11.9. The average Bonchev–Trinajstić information content (AvgIpc) is 2.88. The lowest BCUT2D eigenvalue weighted by molar-refractivity contribution is -0.385. The third kappa shape index (κ3) is 4.91. The fourth-order valence-corrected chi connectivity index (χ4v) is 4.76. The van der Waals surface area contributed by atoms with E-state index in [1.807, 2.05) is 41.3 Å². The van der Waals surface area contributed by atoms with E-state index in [2.05, 4.69) is 0 Å². The summed E-state index contributed by atoms with van der Waals surface area (Å²) in [7, 11) is 1.52. The molecule has 3 aromatic rings. The summed E-state index contributed by atoms with van der Waals surface area (Å²) in [5, 5.41) is 21.4. The first-order chi connectivity index (χ1) is 16.8. The summed E-state index contributed by atoms with van der Waals surface area (Å²) < 4.78 is 11.2. The molecule has 0 unspecified atom stereocenters. The number of phenolic OH excluding ortho intramolecular Hbond substituents is 1. The van der Waals surface area contributed by atoms with Gasteiger partial charge in [0.2, 0.25) is 5.91 Å². The number of aromatic hydroxyl groups is 1. The Labute approximate surface area is 203 Å². The molecule has 0 atom stereocenters. The fourth-order valence-electron chi connectivity index (χ4n) is 4.76. The minimum absolute atomic E-state index is 0.0292. The van der Waals surface area contributed by atoms with Gasteiger partial charge in [-0.05, 0) is 54.3 Å². The number of rotatable bonds is 7. The number of ether oxygens (including phenoxy) is 2. The molecule has 1 amide bonds. The standard InChI is InChI=1S/C27H28N2O6/c1-19(30)28-15-13-27(14-16-28,22-9-12-25(31)26(17-22)34-2)21-7-10-23(11-8-21)35-18-20-5-3-4-6-24(20)29(32)33/h3-12,17,31H,13-16,18H2,1-2H3. The van der Waals surface area contributed by atoms with Crippen molar-refractivity contribution in [3.05, 3.63) is 93.5 Å². The van der Waals surface area contributed by atoms with Crippen LogP contribution in [0, 0.1) is 10.1 Å². The van der Waals surface area contributed by atoms with Gasteiger partial charge in [-0.15, -0.1) is 0 Å². The first kappa shape index (κ1) is 24.1. The van der Waals surface area contributed by atoms with Crippen molar-refractivity contribution in [2.45, 2.75) is 31.8 Å². The summed E-state index contributed by atoms with van der Waals surface area (Å²) in [5.74, 6) is 1.14. The quantitative estimate of drug-likeness (QED) is 0.388. The second-order valence-electron chi connectivity index (χ2n) is 8.67. The number of piperidine rings is 1. The Morgan fingerprint density at radius 2 is 1.71 bits per heavy atom. The molecule has 1 saturated heterocycles. The average molecular weight is 477 g/mol. The predicted molar refractivity (Wildman–Crippen MR) is 131 cm³/mol. The highest BCUT2D eigenvalue weighted by atomic mass is 16.6. The molecule has 0 spiro atoms. The van der Waals surface area contributed by atoms with Gasteiger partial charge in [-0.1, -0.05) is 30.3 Å². The van der Waals surface area contributed by atoms with Crippen LogP contribution >= 0.6 is 0 Å². The van der Waals surface area contributed by atoms with Crippen LogP contribution in [0.2, 0.25) is 0 Å². The molecule has 8 heteroatoms. The van der Waals surface area contributed by atoms with Crippen molar-refractivity contribution in [3.8, 4) is 17.2 Å².